The predicted octanol–water partition coefficient (Wildman–Crippen LogP) is 4.12. The summed E-state index contributed by atoms with van der Waals surface area (Å²) in [5, 5.41) is 9.47. The Labute approximate surface area is 171 Å². The Morgan fingerprint density at radius 3 is 2.62 bits per heavy atom. The quantitative estimate of drug-likeness (QED) is 0.848. The van der Waals surface area contributed by atoms with Gasteiger partial charge in [0, 0.05) is 26.2 Å². The van der Waals surface area contributed by atoms with E-state index in [9.17, 15) is 14.3 Å². The minimum atomic E-state index is -0.216. The molecule has 2 heterocycles. The highest BCUT2D eigenvalue weighted by Crippen LogP contribution is 2.27. The molecule has 0 radical (unpaired) electrons. The van der Waals surface area contributed by atoms with Crippen LogP contribution < -0.4 is 0 Å². The number of aryl methyl sites for hydroxylation is 1. The van der Waals surface area contributed by atoms with Crippen LogP contribution in [0.5, 0.6) is 5.75 Å². The third-order valence-corrected chi connectivity index (χ3v) is 6.03. The molecule has 2 aromatic rings. The van der Waals surface area contributed by atoms with Gasteiger partial charge in [-0.2, -0.15) is 0 Å². The van der Waals surface area contributed by atoms with Crippen molar-refractivity contribution in [2.24, 2.45) is 0 Å². The van der Waals surface area contributed by atoms with Crippen molar-refractivity contribution in [2.75, 3.05) is 19.6 Å². The highest BCUT2D eigenvalue weighted by Gasteiger charge is 2.33. The zero-order chi connectivity index (χ0) is 20.4. The number of likely N-dealkylation sites (tertiary alicyclic amines) is 1. The molecule has 0 spiro atoms. The minimum absolute atomic E-state index is 0.100. The number of rotatable bonds is 4. The van der Waals surface area contributed by atoms with Gasteiger partial charge in [0.1, 0.15) is 11.6 Å². The maximum Gasteiger partial charge on any atom is 0.240 e. The number of phenols is 1. The first-order valence-corrected chi connectivity index (χ1v) is 10.3. The molecule has 0 aliphatic carbocycles. The van der Waals surface area contributed by atoms with Crippen LogP contribution in [0.3, 0.4) is 0 Å². The van der Waals surface area contributed by atoms with Crippen molar-refractivity contribution >= 4 is 11.5 Å². The number of aromatic hydroxyl groups is 1. The van der Waals surface area contributed by atoms with Crippen molar-refractivity contribution in [3.63, 3.8) is 0 Å². The van der Waals surface area contributed by atoms with Crippen LogP contribution in [-0.4, -0.2) is 46.5 Å². The van der Waals surface area contributed by atoms with Crippen LogP contribution in [0.4, 0.5) is 4.39 Å². The van der Waals surface area contributed by atoms with E-state index >= 15 is 0 Å². The Morgan fingerprint density at radius 1 is 1.14 bits per heavy atom. The standard InChI is InChI=1S/C24H27FN2O2/c1-17-4-5-18(15-22(17)25)16-27-12-2-3-23(24(27)29)26-13-10-20(11-14-26)19-6-8-21(28)9-7-19/h4-10,15,23,28H,2-3,11-14,16H2,1H3. The van der Waals surface area contributed by atoms with Gasteiger partial charge in [0.25, 0.3) is 0 Å². The molecule has 0 aromatic heterocycles. The number of carbonyl (C=O) groups is 1. The van der Waals surface area contributed by atoms with Gasteiger partial charge in [0.05, 0.1) is 6.04 Å². The van der Waals surface area contributed by atoms with E-state index in [-0.39, 0.29) is 23.5 Å². The smallest absolute Gasteiger partial charge is 0.240 e. The molecule has 1 amide bonds. The Hall–Kier alpha value is -2.66. The van der Waals surface area contributed by atoms with Gasteiger partial charge >= 0.3 is 0 Å². The maximum absolute atomic E-state index is 13.9. The Balaban J connectivity index is 1.41. The van der Waals surface area contributed by atoms with E-state index in [2.05, 4.69) is 11.0 Å². The third kappa shape index (κ3) is 4.35. The van der Waals surface area contributed by atoms with Gasteiger partial charge in [-0.1, -0.05) is 30.3 Å². The number of carbonyl (C=O) groups excluding carboxylic acids is 1. The summed E-state index contributed by atoms with van der Waals surface area (Å²) in [6.45, 7) is 4.54. The molecule has 2 aliphatic heterocycles. The topological polar surface area (TPSA) is 43.8 Å². The second kappa shape index (κ2) is 8.37. The first-order valence-electron chi connectivity index (χ1n) is 10.3. The highest BCUT2D eigenvalue weighted by atomic mass is 19.1. The van der Waals surface area contributed by atoms with Crippen molar-refractivity contribution in [3.05, 3.63) is 71.0 Å². The molecular weight excluding hydrogens is 367 g/mol. The molecule has 1 atom stereocenters. The van der Waals surface area contributed by atoms with Crippen LogP contribution in [0.15, 0.2) is 48.5 Å². The molecule has 1 saturated heterocycles. The molecule has 1 N–H and O–H groups in total. The van der Waals surface area contributed by atoms with Crippen LogP contribution in [-0.2, 0) is 11.3 Å². The van der Waals surface area contributed by atoms with Gasteiger partial charge < -0.3 is 10.0 Å². The third-order valence-electron chi connectivity index (χ3n) is 6.03. The van der Waals surface area contributed by atoms with Gasteiger partial charge in [0.15, 0.2) is 0 Å². The lowest BCUT2D eigenvalue weighted by atomic mass is 9.96. The molecule has 5 heteroatoms. The van der Waals surface area contributed by atoms with Crippen molar-refractivity contribution in [2.45, 2.75) is 38.8 Å². The number of nitrogens with zero attached hydrogens (tertiary/aromatic N) is 2. The molecular formula is C24H27FN2O2. The Morgan fingerprint density at radius 2 is 1.93 bits per heavy atom. The summed E-state index contributed by atoms with van der Waals surface area (Å²) in [7, 11) is 0. The van der Waals surface area contributed by atoms with Gasteiger partial charge in [-0.05, 0) is 66.6 Å². The van der Waals surface area contributed by atoms with E-state index in [0.717, 1.165) is 50.0 Å². The van der Waals surface area contributed by atoms with E-state index < -0.39 is 0 Å². The number of halogens is 1. The minimum Gasteiger partial charge on any atom is -0.508 e. The Kier molecular flexibility index (Phi) is 5.67. The lowest BCUT2D eigenvalue weighted by Crippen LogP contribution is -2.53. The summed E-state index contributed by atoms with van der Waals surface area (Å²) < 4.78 is 13.9. The Bertz CT molecular complexity index is 923. The SMILES string of the molecule is Cc1ccc(CN2CCCC(N3CC=C(c4ccc(O)cc4)CC3)C2=O)cc1F. The number of piperidine rings is 1. The van der Waals surface area contributed by atoms with Crippen molar-refractivity contribution in [3.8, 4) is 5.75 Å². The van der Waals surface area contributed by atoms with Gasteiger partial charge in [0.2, 0.25) is 5.91 Å². The molecule has 4 nitrogen and oxygen atoms in total. The summed E-state index contributed by atoms with van der Waals surface area (Å²) in [6, 6.07) is 12.4. The van der Waals surface area contributed by atoms with Gasteiger partial charge in [-0.15, -0.1) is 0 Å². The van der Waals surface area contributed by atoms with Gasteiger partial charge in [-0.25, -0.2) is 4.39 Å². The van der Waals surface area contributed by atoms with Crippen LogP contribution >= 0.6 is 0 Å². The zero-order valence-corrected chi connectivity index (χ0v) is 16.8. The van der Waals surface area contributed by atoms with E-state index in [4.69, 9.17) is 0 Å². The number of amides is 1. The normalized spacial score (nSPS) is 20.6. The number of hydrogen-bond acceptors (Lipinski definition) is 3. The molecule has 29 heavy (non-hydrogen) atoms. The average Bonchev–Trinajstić information content (AvgIpc) is 2.73. The summed E-state index contributed by atoms with van der Waals surface area (Å²) in [5.41, 5.74) is 3.85. The maximum atomic E-state index is 13.9. The lowest BCUT2D eigenvalue weighted by Gasteiger charge is -2.39. The predicted molar refractivity (Wildman–Crippen MR) is 112 cm³/mol. The monoisotopic (exact) mass is 394 g/mol. The molecule has 0 saturated carbocycles. The van der Waals surface area contributed by atoms with Crippen LogP contribution in [0.2, 0.25) is 0 Å². The van der Waals surface area contributed by atoms with E-state index in [0.29, 0.717) is 12.1 Å². The fraction of sp³-hybridized carbons (Fsp3) is 0.375. The van der Waals surface area contributed by atoms with Crippen molar-refractivity contribution < 1.29 is 14.3 Å². The van der Waals surface area contributed by atoms with Gasteiger partial charge in [-0.3, -0.25) is 9.69 Å². The molecule has 2 aromatic carbocycles. The average molecular weight is 394 g/mol. The number of phenolic OH excluding ortho intramolecular Hbond substituents is 1. The number of benzene rings is 2. The van der Waals surface area contributed by atoms with Crippen LogP contribution in [0.1, 0.15) is 36.0 Å². The second-order valence-corrected chi connectivity index (χ2v) is 8.02. The van der Waals surface area contributed by atoms with E-state index in [1.165, 1.54) is 5.57 Å². The first kappa shape index (κ1) is 19.6. The molecule has 0 bridgehead atoms. The van der Waals surface area contributed by atoms with Crippen LogP contribution in [0.25, 0.3) is 5.57 Å². The highest BCUT2D eigenvalue weighted by molar-refractivity contribution is 5.83. The van der Waals surface area contributed by atoms with E-state index in [1.807, 2.05) is 23.1 Å². The second-order valence-electron chi connectivity index (χ2n) is 8.02. The molecule has 1 fully saturated rings. The molecule has 4 rings (SSSR count). The summed E-state index contributed by atoms with van der Waals surface area (Å²) in [4.78, 5) is 17.2. The fourth-order valence-electron chi connectivity index (χ4n) is 4.28. The molecule has 1 unspecified atom stereocenters. The molecule has 2 aliphatic rings. The lowest BCUT2D eigenvalue weighted by molar-refractivity contribution is -0.140. The summed E-state index contributed by atoms with van der Waals surface area (Å²) in [5.74, 6) is 0.207. The number of hydrogen-bond donors (Lipinski definition) is 1. The largest absolute Gasteiger partial charge is 0.508 e. The fourth-order valence-corrected chi connectivity index (χ4v) is 4.28. The summed E-state index contributed by atoms with van der Waals surface area (Å²) >= 11 is 0. The first-order chi connectivity index (χ1) is 14.0. The molecule has 152 valence electrons. The van der Waals surface area contributed by atoms with Crippen molar-refractivity contribution in [1.29, 1.82) is 0 Å². The zero-order valence-electron chi connectivity index (χ0n) is 16.8. The van der Waals surface area contributed by atoms with Crippen molar-refractivity contribution in [1.82, 2.24) is 9.80 Å². The summed E-state index contributed by atoms with van der Waals surface area (Å²) in [6.07, 6.45) is 4.92. The van der Waals surface area contributed by atoms with E-state index in [1.54, 1.807) is 31.2 Å². The van der Waals surface area contributed by atoms with Crippen LogP contribution in [0, 0.1) is 12.7 Å².